The summed E-state index contributed by atoms with van der Waals surface area (Å²) in [5.41, 5.74) is 1.18. The molecule has 2 unspecified atom stereocenters. The van der Waals surface area contributed by atoms with Gasteiger partial charge in [0.2, 0.25) is 11.8 Å². The van der Waals surface area contributed by atoms with E-state index in [4.69, 9.17) is 0 Å². The van der Waals surface area contributed by atoms with Gasteiger partial charge in [0, 0.05) is 51.5 Å². The van der Waals surface area contributed by atoms with Gasteiger partial charge in [0.05, 0.1) is 0 Å². The molecule has 0 bridgehead atoms. The summed E-state index contributed by atoms with van der Waals surface area (Å²) in [6.07, 6.45) is 1.87. The lowest BCUT2D eigenvalue weighted by molar-refractivity contribution is -0.142. The lowest BCUT2D eigenvalue weighted by Crippen LogP contribution is -2.52. The minimum atomic E-state index is -0.0566. The first-order valence-corrected chi connectivity index (χ1v) is 9.98. The number of aromatic nitrogens is 4. The third-order valence-electron chi connectivity index (χ3n) is 5.87. The average molecular weight is 382 g/mol. The van der Waals surface area contributed by atoms with Crippen molar-refractivity contribution >= 4 is 11.8 Å². The van der Waals surface area contributed by atoms with Crippen molar-refractivity contribution in [1.29, 1.82) is 0 Å². The Hall–Kier alpha value is -2.77. The van der Waals surface area contributed by atoms with Gasteiger partial charge in [0.15, 0.2) is 5.82 Å². The Morgan fingerprint density at radius 1 is 1.07 bits per heavy atom. The van der Waals surface area contributed by atoms with Crippen LogP contribution in [0.15, 0.2) is 30.3 Å². The highest BCUT2D eigenvalue weighted by atomic mass is 16.2. The van der Waals surface area contributed by atoms with Gasteiger partial charge >= 0.3 is 0 Å². The fourth-order valence-electron chi connectivity index (χ4n) is 4.08. The second-order valence-corrected chi connectivity index (χ2v) is 7.73. The summed E-state index contributed by atoms with van der Waals surface area (Å²) in [6.45, 7) is 5.20. The minimum Gasteiger partial charge on any atom is -0.339 e. The summed E-state index contributed by atoms with van der Waals surface area (Å²) in [7, 11) is 0. The molecule has 1 aromatic carbocycles. The molecule has 2 aromatic rings. The van der Waals surface area contributed by atoms with Gasteiger partial charge in [-0.1, -0.05) is 37.3 Å². The number of hydrogen-bond donors (Lipinski definition) is 0. The second kappa shape index (κ2) is 8.08. The van der Waals surface area contributed by atoms with Gasteiger partial charge in [-0.25, -0.2) is 4.68 Å². The molecule has 4 rings (SSSR count). The molecular weight excluding hydrogens is 356 g/mol. The van der Waals surface area contributed by atoms with Crippen LogP contribution in [0.1, 0.15) is 37.1 Å². The Morgan fingerprint density at radius 2 is 1.79 bits per heavy atom. The number of aryl methyl sites for hydroxylation is 1. The molecule has 148 valence electrons. The van der Waals surface area contributed by atoms with E-state index in [1.165, 1.54) is 5.56 Å². The molecule has 0 spiro atoms. The standard InChI is InChI=1S/C20H26N6O2/c1-15(16-5-3-2-4-6-16)13-19(27)24-9-11-25(12-10-24)20(28)17-7-8-26-18(14-17)21-22-23-26/h2-6,15,17H,7-14H2,1H3. The van der Waals surface area contributed by atoms with Gasteiger partial charge in [0.25, 0.3) is 0 Å². The van der Waals surface area contributed by atoms with Crippen LogP contribution in [-0.4, -0.2) is 68.0 Å². The first kappa shape index (κ1) is 18.6. The highest BCUT2D eigenvalue weighted by Crippen LogP contribution is 2.22. The van der Waals surface area contributed by atoms with Crippen molar-refractivity contribution < 1.29 is 9.59 Å². The number of rotatable bonds is 4. The van der Waals surface area contributed by atoms with E-state index < -0.39 is 0 Å². The molecular formula is C20H26N6O2. The van der Waals surface area contributed by atoms with E-state index in [2.05, 4.69) is 34.6 Å². The van der Waals surface area contributed by atoms with Crippen LogP contribution in [-0.2, 0) is 22.6 Å². The van der Waals surface area contributed by atoms with Gasteiger partial charge < -0.3 is 9.80 Å². The van der Waals surface area contributed by atoms with Gasteiger partial charge in [-0.15, -0.1) is 5.10 Å². The number of fused-ring (bicyclic) bond motifs is 1. The Labute approximate surface area is 164 Å². The molecule has 0 saturated carbocycles. The number of piperazine rings is 1. The molecule has 1 aromatic heterocycles. The Balaban J connectivity index is 1.27. The number of amides is 2. The topological polar surface area (TPSA) is 84.2 Å². The molecule has 2 aliphatic heterocycles. The van der Waals surface area contributed by atoms with Crippen LogP contribution in [0.2, 0.25) is 0 Å². The largest absolute Gasteiger partial charge is 0.339 e. The molecule has 1 saturated heterocycles. The molecule has 0 radical (unpaired) electrons. The second-order valence-electron chi connectivity index (χ2n) is 7.73. The van der Waals surface area contributed by atoms with Crippen LogP contribution in [0.5, 0.6) is 0 Å². The van der Waals surface area contributed by atoms with Crippen molar-refractivity contribution in [2.45, 2.75) is 38.6 Å². The highest BCUT2D eigenvalue weighted by molar-refractivity contribution is 5.80. The van der Waals surface area contributed by atoms with E-state index in [-0.39, 0.29) is 23.7 Å². The molecule has 28 heavy (non-hydrogen) atoms. The molecule has 8 nitrogen and oxygen atoms in total. The lowest BCUT2D eigenvalue weighted by atomic mass is 9.96. The number of carbonyl (C=O) groups is 2. The molecule has 0 N–H and O–H groups in total. The fourth-order valence-corrected chi connectivity index (χ4v) is 4.08. The highest BCUT2D eigenvalue weighted by Gasteiger charge is 2.32. The Kier molecular flexibility index (Phi) is 5.36. The van der Waals surface area contributed by atoms with Crippen LogP contribution in [0.3, 0.4) is 0 Å². The van der Waals surface area contributed by atoms with Crippen molar-refractivity contribution in [3.05, 3.63) is 41.7 Å². The van der Waals surface area contributed by atoms with Gasteiger partial charge in [-0.2, -0.15) is 0 Å². The van der Waals surface area contributed by atoms with E-state index >= 15 is 0 Å². The summed E-state index contributed by atoms with van der Waals surface area (Å²) in [4.78, 5) is 29.3. The van der Waals surface area contributed by atoms with Gasteiger partial charge in [-0.05, 0) is 28.3 Å². The summed E-state index contributed by atoms with van der Waals surface area (Å²) in [6, 6.07) is 10.1. The normalized spacial score (nSPS) is 20.5. The molecule has 3 heterocycles. The van der Waals surface area contributed by atoms with E-state index in [1.54, 1.807) is 4.68 Å². The smallest absolute Gasteiger partial charge is 0.226 e. The monoisotopic (exact) mass is 382 g/mol. The molecule has 2 atom stereocenters. The zero-order valence-electron chi connectivity index (χ0n) is 16.2. The first-order valence-electron chi connectivity index (χ1n) is 9.98. The quantitative estimate of drug-likeness (QED) is 0.791. The molecule has 1 fully saturated rings. The van der Waals surface area contributed by atoms with Crippen molar-refractivity contribution in [2.24, 2.45) is 5.92 Å². The summed E-state index contributed by atoms with van der Waals surface area (Å²) < 4.78 is 1.77. The molecule has 0 aliphatic carbocycles. The van der Waals surface area contributed by atoms with E-state index in [0.29, 0.717) is 45.6 Å². The predicted octanol–water partition coefficient (Wildman–Crippen LogP) is 1.10. The van der Waals surface area contributed by atoms with Crippen LogP contribution in [0.4, 0.5) is 0 Å². The summed E-state index contributed by atoms with van der Waals surface area (Å²) in [5.74, 6) is 1.26. The molecule has 2 aliphatic rings. The van der Waals surface area contributed by atoms with E-state index in [0.717, 1.165) is 12.2 Å². The number of benzene rings is 1. The van der Waals surface area contributed by atoms with E-state index in [9.17, 15) is 9.59 Å². The van der Waals surface area contributed by atoms with Crippen molar-refractivity contribution in [3.63, 3.8) is 0 Å². The zero-order chi connectivity index (χ0) is 19.5. The van der Waals surface area contributed by atoms with Gasteiger partial charge in [0.1, 0.15) is 0 Å². The number of tetrazole rings is 1. The Bertz CT molecular complexity index is 828. The average Bonchev–Trinajstić information content (AvgIpc) is 3.22. The Morgan fingerprint density at radius 3 is 2.54 bits per heavy atom. The maximum atomic E-state index is 12.9. The number of hydrogen-bond acceptors (Lipinski definition) is 5. The maximum absolute atomic E-state index is 12.9. The minimum absolute atomic E-state index is 0.0566. The van der Waals surface area contributed by atoms with Crippen LogP contribution < -0.4 is 0 Å². The lowest BCUT2D eigenvalue weighted by Gasteiger charge is -2.37. The van der Waals surface area contributed by atoms with E-state index in [1.807, 2.05) is 28.0 Å². The van der Waals surface area contributed by atoms with Crippen molar-refractivity contribution in [2.75, 3.05) is 26.2 Å². The number of carbonyl (C=O) groups excluding carboxylic acids is 2. The van der Waals surface area contributed by atoms with Crippen LogP contribution in [0.25, 0.3) is 0 Å². The van der Waals surface area contributed by atoms with Crippen molar-refractivity contribution in [1.82, 2.24) is 30.0 Å². The third-order valence-corrected chi connectivity index (χ3v) is 5.87. The van der Waals surface area contributed by atoms with Crippen LogP contribution in [0, 0.1) is 5.92 Å². The van der Waals surface area contributed by atoms with Gasteiger partial charge in [-0.3, -0.25) is 9.59 Å². The zero-order valence-corrected chi connectivity index (χ0v) is 16.2. The first-order chi connectivity index (χ1) is 13.6. The summed E-state index contributed by atoms with van der Waals surface area (Å²) in [5, 5.41) is 11.6. The van der Waals surface area contributed by atoms with Crippen LogP contribution >= 0.6 is 0 Å². The summed E-state index contributed by atoms with van der Waals surface area (Å²) >= 11 is 0. The number of nitrogens with zero attached hydrogens (tertiary/aromatic N) is 6. The molecule has 8 heteroatoms. The fraction of sp³-hybridized carbons (Fsp3) is 0.550. The SMILES string of the molecule is CC(CC(=O)N1CCN(C(=O)C2CCn3nnnc3C2)CC1)c1ccccc1. The molecule has 2 amide bonds. The third kappa shape index (κ3) is 3.90. The predicted molar refractivity (Wildman–Crippen MR) is 102 cm³/mol. The van der Waals surface area contributed by atoms with Crippen molar-refractivity contribution in [3.8, 4) is 0 Å². The maximum Gasteiger partial charge on any atom is 0.226 e.